The van der Waals surface area contributed by atoms with Gasteiger partial charge in [-0.1, -0.05) is 30.9 Å². The average molecular weight is 257 g/mol. The van der Waals surface area contributed by atoms with Gasteiger partial charge in [-0.05, 0) is 18.2 Å². The minimum atomic E-state index is 0.531. The van der Waals surface area contributed by atoms with Crippen LogP contribution in [0.15, 0.2) is 59.7 Å². The highest BCUT2D eigenvalue weighted by molar-refractivity contribution is 5.33. The van der Waals surface area contributed by atoms with Gasteiger partial charge in [-0.2, -0.15) is 0 Å². The van der Waals surface area contributed by atoms with E-state index in [-0.39, 0.29) is 0 Å². The van der Waals surface area contributed by atoms with Crippen LogP contribution >= 0.6 is 0 Å². The minimum absolute atomic E-state index is 0.531. The van der Waals surface area contributed by atoms with Crippen LogP contribution in [0.4, 0.5) is 0 Å². The van der Waals surface area contributed by atoms with Crippen LogP contribution in [0.3, 0.4) is 0 Å². The molecule has 3 heteroatoms. The van der Waals surface area contributed by atoms with E-state index >= 15 is 0 Å². The Labute approximate surface area is 113 Å². The Bertz CT molecular complexity index is 491. The largest absolute Gasteiger partial charge is 0.489 e. The molecule has 1 aromatic heterocycles. The highest BCUT2D eigenvalue weighted by Gasteiger charge is 2.02. The zero-order valence-electron chi connectivity index (χ0n) is 11.0. The summed E-state index contributed by atoms with van der Waals surface area (Å²) in [4.78, 5) is 0. The molecule has 0 radical (unpaired) electrons. The van der Waals surface area contributed by atoms with Crippen molar-refractivity contribution in [3.63, 3.8) is 0 Å². The summed E-state index contributed by atoms with van der Waals surface area (Å²) >= 11 is 0. The van der Waals surface area contributed by atoms with E-state index < -0.39 is 0 Å². The van der Waals surface area contributed by atoms with Crippen molar-refractivity contribution in [3.8, 4) is 5.75 Å². The molecule has 3 nitrogen and oxygen atoms in total. The summed E-state index contributed by atoms with van der Waals surface area (Å²) in [6.07, 6.45) is 4.34. The molecule has 0 aliphatic rings. The first-order valence-corrected chi connectivity index (χ1v) is 6.45. The molecule has 0 saturated carbocycles. The lowest BCUT2D eigenvalue weighted by atomic mass is 10.2. The van der Waals surface area contributed by atoms with Crippen molar-refractivity contribution >= 4 is 0 Å². The van der Waals surface area contributed by atoms with Gasteiger partial charge in [0.15, 0.2) is 0 Å². The van der Waals surface area contributed by atoms with Crippen LogP contribution in [0.25, 0.3) is 0 Å². The van der Waals surface area contributed by atoms with Crippen LogP contribution in [0, 0.1) is 0 Å². The smallest absolute Gasteiger partial charge is 0.124 e. The van der Waals surface area contributed by atoms with E-state index in [9.17, 15) is 0 Å². The SMILES string of the molecule is C=CCOc1ccccc1CNCCc1ccco1. The molecule has 0 unspecified atom stereocenters. The van der Waals surface area contributed by atoms with Crippen molar-refractivity contribution in [3.05, 3.63) is 66.6 Å². The molecule has 100 valence electrons. The molecule has 1 N–H and O–H groups in total. The molecule has 0 aliphatic carbocycles. The van der Waals surface area contributed by atoms with Crippen molar-refractivity contribution in [2.24, 2.45) is 0 Å². The minimum Gasteiger partial charge on any atom is -0.489 e. The Balaban J connectivity index is 1.80. The van der Waals surface area contributed by atoms with Gasteiger partial charge in [0, 0.05) is 25.1 Å². The van der Waals surface area contributed by atoms with Crippen LogP contribution in [-0.4, -0.2) is 13.2 Å². The maximum absolute atomic E-state index is 5.61. The standard InChI is InChI=1S/C16H19NO2/c1-2-11-19-16-8-4-3-6-14(16)13-17-10-9-15-7-5-12-18-15/h2-8,12,17H,1,9-11,13H2. The highest BCUT2D eigenvalue weighted by Crippen LogP contribution is 2.17. The lowest BCUT2D eigenvalue weighted by Gasteiger charge is -2.10. The number of hydrogen-bond donors (Lipinski definition) is 1. The molecule has 0 aliphatic heterocycles. The lowest BCUT2D eigenvalue weighted by Crippen LogP contribution is -2.17. The van der Waals surface area contributed by atoms with E-state index in [0.29, 0.717) is 6.61 Å². The normalized spacial score (nSPS) is 10.3. The third-order valence-electron chi connectivity index (χ3n) is 2.77. The summed E-state index contributed by atoms with van der Waals surface area (Å²) in [5.41, 5.74) is 1.16. The highest BCUT2D eigenvalue weighted by atomic mass is 16.5. The Kier molecular flexibility index (Phi) is 5.26. The van der Waals surface area contributed by atoms with Gasteiger partial charge in [0.2, 0.25) is 0 Å². The van der Waals surface area contributed by atoms with Crippen LogP contribution in [0.1, 0.15) is 11.3 Å². The molecule has 2 rings (SSSR count). The molecule has 1 aromatic carbocycles. The second-order valence-corrected chi connectivity index (χ2v) is 4.21. The van der Waals surface area contributed by atoms with Crippen LogP contribution in [-0.2, 0) is 13.0 Å². The number of hydrogen-bond acceptors (Lipinski definition) is 3. The first kappa shape index (κ1) is 13.4. The van der Waals surface area contributed by atoms with E-state index in [1.807, 2.05) is 30.3 Å². The number of rotatable bonds is 8. The number of nitrogens with one attached hydrogen (secondary N) is 1. The molecular formula is C16H19NO2. The zero-order valence-corrected chi connectivity index (χ0v) is 11.0. The molecule has 0 atom stereocenters. The van der Waals surface area contributed by atoms with Gasteiger partial charge < -0.3 is 14.5 Å². The molecule has 2 aromatic rings. The van der Waals surface area contributed by atoms with Gasteiger partial charge in [0.25, 0.3) is 0 Å². The van der Waals surface area contributed by atoms with Gasteiger partial charge in [-0.15, -0.1) is 0 Å². The Morgan fingerprint density at radius 3 is 2.89 bits per heavy atom. The first-order chi connectivity index (χ1) is 9.40. The second-order valence-electron chi connectivity index (χ2n) is 4.21. The molecule has 1 heterocycles. The molecule has 0 bridgehead atoms. The topological polar surface area (TPSA) is 34.4 Å². The van der Waals surface area contributed by atoms with E-state index in [1.165, 1.54) is 0 Å². The molecular weight excluding hydrogens is 238 g/mol. The Morgan fingerprint density at radius 2 is 2.11 bits per heavy atom. The van der Waals surface area contributed by atoms with E-state index in [0.717, 1.165) is 36.6 Å². The maximum Gasteiger partial charge on any atom is 0.124 e. The second kappa shape index (κ2) is 7.44. The monoisotopic (exact) mass is 257 g/mol. The number of para-hydroxylation sites is 1. The predicted octanol–water partition coefficient (Wildman–Crippen LogP) is 3.18. The summed E-state index contributed by atoms with van der Waals surface area (Å²) < 4.78 is 10.9. The van der Waals surface area contributed by atoms with Gasteiger partial charge in [0.05, 0.1) is 6.26 Å². The predicted molar refractivity (Wildman–Crippen MR) is 76.3 cm³/mol. The van der Waals surface area contributed by atoms with Gasteiger partial charge in [-0.3, -0.25) is 0 Å². The van der Waals surface area contributed by atoms with Crippen LogP contribution in [0.2, 0.25) is 0 Å². The third-order valence-corrected chi connectivity index (χ3v) is 2.77. The van der Waals surface area contributed by atoms with Gasteiger partial charge >= 0.3 is 0 Å². The fourth-order valence-electron chi connectivity index (χ4n) is 1.83. The summed E-state index contributed by atoms with van der Waals surface area (Å²) in [5, 5.41) is 3.39. The summed E-state index contributed by atoms with van der Waals surface area (Å²) in [7, 11) is 0. The molecule has 0 fully saturated rings. The molecule has 19 heavy (non-hydrogen) atoms. The Morgan fingerprint density at radius 1 is 1.21 bits per heavy atom. The van der Waals surface area contributed by atoms with Gasteiger partial charge in [0.1, 0.15) is 18.1 Å². The van der Waals surface area contributed by atoms with E-state index in [1.54, 1.807) is 12.3 Å². The summed E-state index contributed by atoms with van der Waals surface area (Å²) in [6, 6.07) is 11.9. The van der Waals surface area contributed by atoms with Crippen LogP contribution in [0.5, 0.6) is 5.75 Å². The van der Waals surface area contributed by atoms with Crippen molar-refractivity contribution in [1.29, 1.82) is 0 Å². The molecule has 0 saturated heterocycles. The maximum atomic E-state index is 5.61. The van der Waals surface area contributed by atoms with Crippen molar-refractivity contribution in [1.82, 2.24) is 5.32 Å². The van der Waals surface area contributed by atoms with Gasteiger partial charge in [-0.25, -0.2) is 0 Å². The number of furan rings is 1. The fourth-order valence-corrected chi connectivity index (χ4v) is 1.83. The summed E-state index contributed by atoms with van der Waals surface area (Å²) in [6.45, 7) is 5.85. The van der Waals surface area contributed by atoms with Crippen molar-refractivity contribution in [2.75, 3.05) is 13.2 Å². The van der Waals surface area contributed by atoms with Crippen molar-refractivity contribution < 1.29 is 9.15 Å². The fraction of sp³-hybridized carbons (Fsp3) is 0.250. The van der Waals surface area contributed by atoms with E-state index in [2.05, 4.69) is 18.0 Å². The average Bonchev–Trinajstić information content (AvgIpc) is 2.95. The first-order valence-electron chi connectivity index (χ1n) is 6.45. The zero-order chi connectivity index (χ0) is 13.3. The molecule has 0 spiro atoms. The number of ether oxygens (including phenoxy) is 1. The molecule has 0 amide bonds. The lowest BCUT2D eigenvalue weighted by molar-refractivity contribution is 0.358. The number of benzene rings is 1. The van der Waals surface area contributed by atoms with Crippen molar-refractivity contribution in [2.45, 2.75) is 13.0 Å². The quantitative estimate of drug-likeness (QED) is 0.582. The van der Waals surface area contributed by atoms with Crippen LogP contribution < -0.4 is 10.1 Å². The van der Waals surface area contributed by atoms with E-state index in [4.69, 9.17) is 9.15 Å². The third kappa shape index (κ3) is 4.30. The summed E-state index contributed by atoms with van der Waals surface area (Å²) in [5.74, 6) is 1.91. The Hall–Kier alpha value is -2.00.